The van der Waals surface area contributed by atoms with Crippen LogP contribution in [0.1, 0.15) is 6.42 Å². The Morgan fingerprint density at radius 3 is 3.15 bits per heavy atom. The normalized spacial score (nSPS) is 9.31. The summed E-state index contributed by atoms with van der Waals surface area (Å²) < 4.78 is 5.26. The molecular weight excluding hydrogens is 168 g/mol. The average molecular weight is 180 g/mol. The molecule has 0 aliphatic rings. The molecule has 0 fully saturated rings. The van der Waals surface area contributed by atoms with Gasteiger partial charge in [-0.25, -0.2) is 0 Å². The van der Waals surface area contributed by atoms with Crippen molar-refractivity contribution in [1.29, 1.82) is 0 Å². The van der Waals surface area contributed by atoms with E-state index in [0.717, 1.165) is 0 Å². The van der Waals surface area contributed by atoms with Crippen molar-refractivity contribution in [2.24, 2.45) is 0 Å². The molecule has 13 heavy (non-hydrogen) atoms. The van der Waals surface area contributed by atoms with Crippen molar-refractivity contribution in [2.75, 3.05) is 13.7 Å². The summed E-state index contributed by atoms with van der Waals surface area (Å²) in [5.41, 5.74) is 0. The molecule has 4 heteroatoms. The van der Waals surface area contributed by atoms with E-state index in [1.165, 1.54) is 0 Å². The Morgan fingerprint density at radius 1 is 1.69 bits per heavy atom. The summed E-state index contributed by atoms with van der Waals surface area (Å²) >= 11 is 0. The van der Waals surface area contributed by atoms with E-state index >= 15 is 0 Å². The molecule has 1 amide bonds. The zero-order chi connectivity index (χ0) is 9.52. The molecule has 1 aromatic rings. The Hall–Kier alpha value is -1.58. The topological polar surface area (TPSA) is 51.2 Å². The van der Waals surface area contributed by atoms with Crippen LogP contribution in [0, 0.1) is 0 Å². The Labute approximate surface area is 76.9 Å². The molecule has 1 aromatic heterocycles. The standard InChI is InChI=1S/C9H12N2O2/c1-10-9(12)4-6-13-8-3-2-5-11-7-8/h2-3,5,7H,4,6H2,1H3,(H,10,12). The lowest BCUT2D eigenvalue weighted by Gasteiger charge is -2.03. The summed E-state index contributed by atoms with van der Waals surface area (Å²) in [5.74, 6) is 0.662. The van der Waals surface area contributed by atoms with E-state index < -0.39 is 0 Å². The molecule has 1 rings (SSSR count). The fourth-order valence-corrected chi connectivity index (χ4v) is 0.819. The Bertz CT molecular complexity index is 262. The number of hydrogen-bond acceptors (Lipinski definition) is 3. The predicted molar refractivity (Wildman–Crippen MR) is 48.4 cm³/mol. The first kappa shape index (κ1) is 9.51. The number of pyridine rings is 1. The van der Waals surface area contributed by atoms with Crippen molar-refractivity contribution >= 4 is 5.91 Å². The molecule has 1 N–H and O–H groups in total. The number of ether oxygens (including phenoxy) is 1. The smallest absolute Gasteiger partial charge is 0.223 e. The molecule has 0 unspecified atom stereocenters. The quantitative estimate of drug-likeness (QED) is 0.738. The highest BCUT2D eigenvalue weighted by molar-refractivity contribution is 5.75. The van der Waals surface area contributed by atoms with Crippen LogP contribution < -0.4 is 10.1 Å². The number of nitrogens with one attached hydrogen (secondary N) is 1. The van der Waals surface area contributed by atoms with Gasteiger partial charge >= 0.3 is 0 Å². The summed E-state index contributed by atoms with van der Waals surface area (Å²) in [5, 5.41) is 2.52. The number of aromatic nitrogens is 1. The second kappa shape index (κ2) is 5.13. The molecule has 0 radical (unpaired) electrons. The van der Waals surface area contributed by atoms with Gasteiger partial charge in [-0.05, 0) is 12.1 Å². The van der Waals surface area contributed by atoms with Gasteiger partial charge < -0.3 is 10.1 Å². The number of hydrogen-bond donors (Lipinski definition) is 1. The van der Waals surface area contributed by atoms with Crippen LogP contribution in [-0.2, 0) is 4.79 Å². The highest BCUT2D eigenvalue weighted by Crippen LogP contribution is 2.05. The Balaban J connectivity index is 2.24. The largest absolute Gasteiger partial charge is 0.491 e. The van der Waals surface area contributed by atoms with Gasteiger partial charge in [-0.15, -0.1) is 0 Å². The highest BCUT2D eigenvalue weighted by Gasteiger charge is 1.97. The van der Waals surface area contributed by atoms with Crippen LogP contribution >= 0.6 is 0 Å². The van der Waals surface area contributed by atoms with E-state index in [-0.39, 0.29) is 5.91 Å². The van der Waals surface area contributed by atoms with Crippen LogP contribution in [0.3, 0.4) is 0 Å². The molecule has 0 aliphatic carbocycles. The van der Waals surface area contributed by atoms with E-state index in [1.54, 1.807) is 31.6 Å². The van der Waals surface area contributed by atoms with Crippen molar-refractivity contribution in [3.8, 4) is 5.75 Å². The molecule has 0 aromatic carbocycles. The first-order chi connectivity index (χ1) is 6.33. The lowest BCUT2D eigenvalue weighted by molar-refractivity contribution is -0.121. The van der Waals surface area contributed by atoms with Crippen molar-refractivity contribution in [1.82, 2.24) is 10.3 Å². The second-order valence-corrected chi connectivity index (χ2v) is 2.46. The maximum atomic E-state index is 10.8. The summed E-state index contributed by atoms with van der Waals surface area (Å²) in [6.45, 7) is 0.380. The monoisotopic (exact) mass is 180 g/mol. The van der Waals surface area contributed by atoms with Gasteiger partial charge in [0.05, 0.1) is 19.2 Å². The summed E-state index contributed by atoms with van der Waals surface area (Å²) in [7, 11) is 1.60. The molecule has 0 atom stereocenters. The van der Waals surface area contributed by atoms with Crippen LogP contribution in [0.2, 0.25) is 0 Å². The molecular formula is C9H12N2O2. The van der Waals surface area contributed by atoms with Crippen molar-refractivity contribution < 1.29 is 9.53 Å². The van der Waals surface area contributed by atoms with Crippen LogP contribution in [0.15, 0.2) is 24.5 Å². The van der Waals surface area contributed by atoms with Crippen LogP contribution in [0.5, 0.6) is 5.75 Å². The summed E-state index contributed by atoms with van der Waals surface area (Å²) in [4.78, 5) is 14.7. The maximum absolute atomic E-state index is 10.8. The molecule has 0 bridgehead atoms. The third-order valence-corrected chi connectivity index (χ3v) is 1.51. The van der Waals surface area contributed by atoms with Gasteiger partial charge in [-0.3, -0.25) is 9.78 Å². The lowest BCUT2D eigenvalue weighted by atomic mass is 10.4. The molecule has 1 heterocycles. The van der Waals surface area contributed by atoms with Gasteiger partial charge in [-0.2, -0.15) is 0 Å². The minimum Gasteiger partial charge on any atom is -0.491 e. The average Bonchev–Trinajstić information content (AvgIpc) is 2.19. The third-order valence-electron chi connectivity index (χ3n) is 1.51. The zero-order valence-corrected chi connectivity index (χ0v) is 7.49. The molecule has 70 valence electrons. The maximum Gasteiger partial charge on any atom is 0.223 e. The predicted octanol–water partition coefficient (Wildman–Crippen LogP) is 0.597. The van der Waals surface area contributed by atoms with Crippen molar-refractivity contribution in [2.45, 2.75) is 6.42 Å². The molecule has 4 nitrogen and oxygen atoms in total. The SMILES string of the molecule is CNC(=O)CCOc1cccnc1. The second-order valence-electron chi connectivity index (χ2n) is 2.46. The summed E-state index contributed by atoms with van der Waals surface area (Å²) in [6.07, 6.45) is 3.65. The molecule has 0 saturated heterocycles. The van der Waals surface area contributed by atoms with Gasteiger partial charge in [0.15, 0.2) is 0 Å². The third kappa shape index (κ3) is 3.55. The molecule has 0 aliphatic heterocycles. The van der Waals surface area contributed by atoms with E-state index in [0.29, 0.717) is 18.8 Å². The number of amides is 1. The molecule has 0 saturated carbocycles. The molecule has 0 spiro atoms. The first-order valence-electron chi connectivity index (χ1n) is 4.06. The van der Waals surface area contributed by atoms with Crippen LogP contribution in [-0.4, -0.2) is 24.5 Å². The zero-order valence-electron chi connectivity index (χ0n) is 7.49. The van der Waals surface area contributed by atoms with Gasteiger partial charge in [0, 0.05) is 13.2 Å². The van der Waals surface area contributed by atoms with Crippen molar-refractivity contribution in [3.05, 3.63) is 24.5 Å². The number of carbonyl (C=O) groups excluding carboxylic acids is 1. The number of nitrogens with zero attached hydrogens (tertiary/aromatic N) is 1. The van der Waals surface area contributed by atoms with E-state index in [2.05, 4.69) is 10.3 Å². The van der Waals surface area contributed by atoms with Crippen LogP contribution in [0.4, 0.5) is 0 Å². The highest BCUT2D eigenvalue weighted by atomic mass is 16.5. The Morgan fingerprint density at radius 2 is 2.54 bits per heavy atom. The van der Waals surface area contributed by atoms with Crippen LogP contribution in [0.25, 0.3) is 0 Å². The van der Waals surface area contributed by atoms with Gasteiger partial charge in [-0.1, -0.05) is 0 Å². The number of rotatable bonds is 4. The Kier molecular flexibility index (Phi) is 3.75. The van der Waals surface area contributed by atoms with Crippen molar-refractivity contribution in [3.63, 3.8) is 0 Å². The van der Waals surface area contributed by atoms with E-state index in [4.69, 9.17) is 4.74 Å². The number of carbonyl (C=O) groups is 1. The van der Waals surface area contributed by atoms with Gasteiger partial charge in [0.1, 0.15) is 5.75 Å². The lowest BCUT2D eigenvalue weighted by Crippen LogP contribution is -2.20. The minimum absolute atomic E-state index is 0.0242. The first-order valence-corrected chi connectivity index (χ1v) is 4.06. The fraction of sp³-hybridized carbons (Fsp3) is 0.333. The minimum atomic E-state index is -0.0242. The van der Waals surface area contributed by atoms with Gasteiger partial charge in [0.2, 0.25) is 5.91 Å². The van der Waals surface area contributed by atoms with E-state index in [1.807, 2.05) is 0 Å². The summed E-state index contributed by atoms with van der Waals surface area (Å²) in [6, 6.07) is 3.59. The van der Waals surface area contributed by atoms with E-state index in [9.17, 15) is 4.79 Å². The fourth-order valence-electron chi connectivity index (χ4n) is 0.819. The van der Waals surface area contributed by atoms with Gasteiger partial charge in [0.25, 0.3) is 0 Å².